The first-order valence-corrected chi connectivity index (χ1v) is 12.4. The van der Waals surface area contributed by atoms with Gasteiger partial charge in [0.25, 0.3) is 0 Å². The predicted octanol–water partition coefficient (Wildman–Crippen LogP) is 4.99. The molecule has 1 fully saturated rings. The van der Waals surface area contributed by atoms with Crippen LogP contribution in [0.1, 0.15) is 37.8 Å². The van der Waals surface area contributed by atoms with Crippen molar-refractivity contribution in [2.75, 3.05) is 18.0 Å². The standard InChI is InChI=1S/C24H28FN3O3S/c1-4-27(5-2)24-22(23(26-31-24)18-8-10-19(25)11-9-18)16-28(20-12-13-20)32(29,30)21-14-6-17(3)7-15-21/h6-11,14-15,20H,4-5,12-13,16H2,1-3H3. The highest BCUT2D eigenvalue weighted by Gasteiger charge is 2.40. The first-order chi connectivity index (χ1) is 15.3. The van der Waals surface area contributed by atoms with Crippen molar-refractivity contribution in [3.63, 3.8) is 0 Å². The van der Waals surface area contributed by atoms with E-state index in [0.717, 1.165) is 18.4 Å². The molecule has 0 atom stereocenters. The Morgan fingerprint density at radius 1 is 1.03 bits per heavy atom. The summed E-state index contributed by atoms with van der Waals surface area (Å²) in [6, 6.07) is 12.9. The van der Waals surface area contributed by atoms with E-state index in [1.165, 1.54) is 12.1 Å². The lowest BCUT2D eigenvalue weighted by molar-refractivity contribution is 0.392. The molecule has 0 radical (unpaired) electrons. The minimum atomic E-state index is -3.71. The van der Waals surface area contributed by atoms with Crippen molar-refractivity contribution < 1.29 is 17.3 Å². The van der Waals surface area contributed by atoms with Crippen LogP contribution in [-0.4, -0.2) is 37.0 Å². The SMILES string of the molecule is CCN(CC)c1onc(-c2ccc(F)cc2)c1CN(C1CC1)S(=O)(=O)c1ccc(C)cc1. The van der Waals surface area contributed by atoms with Gasteiger partial charge in [-0.2, -0.15) is 4.31 Å². The van der Waals surface area contributed by atoms with Gasteiger partial charge < -0.3 is 9.42 Å². The number of nitrogens with zero attached hydrogens (tertiary/aromatic N) is 3. The maximum Gasteiger partial charge on any atom is 0.243 e. The average Bonchev–Trinajstić information content (AvgIpc) is 3.54. The van der Waals surface area contributed by atoms with Gasteiger partial charge in [-0.3, -0.25) is 0 Å². The molecular formula is C24H28FN3O3S. The normalized spacial score (nSPS) is 14.2. The van der Waals surface area contributed by atoms with E-state index in [0.29, 0.717) is 35.8 Å². The molecule has 32 heavy (non-hydrogen) atoms. The maximum atomic E-state index is 13.6. The fourth-order valence-corrected chi connectivity index (χ4v) is 5.46. The summed E-state index contributed by atoms with van der Waals surface area (Å²) in [6.07, 6.45) is 1.64. The van der Waals surface area contributed by atoms with Crippen LogP contribution in [0.4, 0.5) is 10.3 Å². The summed E-state index contributed by atoms with van der Waals surface area (Å²) in [5.74, 6) is 0.211. The number of hydrogen-bond donors (Lipinski definition) is 0. The monoisotopic (exact) mass is 457 g/mol. The van der Waals surface area contributed by atoms with Crippen LogP contribution in [0.5, 0.6) is 0 Å². The quantitative estimate of drug-likeness (QED) is 0.453. The molecule has 0 unspecified atom stereocenters. The molecule has 6 nitrogen and oxygen atoms in total. The molecule has 1 saturated carbocycles. The Kier molecular flexibility index (Phi) is 6.35. The third kappa shape index (κ3) is 4.42. The zero-order chi connectivity index (χ0) is 22.9. The van der Waals surface area contributed by atoms with Crippen molar-refractivity contribution >= 4 is 15.9 Å². The summed E-state index contributed by atoms with van der Waals surface area (Å²) in [6.45, 7) is 7.47. The number of halogens is 1. The molecule has 0 amide bonds. The summed E-state index contributed by atoms with van der Waals surface area (Å²) in [7, 11) is -3.71. The number of aryl methyl sites for hydroxylation is 1. The smallest absolute Gasteiger partial charge is 0.243 e. The van der Waals surface area contributed by atoms with E-state index in [4.69, 9.17) is 4.52 Å². The van der Waals surface area contributed by atoms with Crippen molar-refractivity contribution in [3.8, 4) is 11.3 Å². The van der Waals surface area contributed by atoms with Crippen molar-refractivity contribution in [2.24, 2.45) is 0 Å². The lowest BCUT2D eigenvalue weighted by Crippen LogP contribution is -2.33. The fourth-order valence-electron chi connectivity index (χ4n) is 3.81. The summed E-state index contributed by atoms with van der Waals surface area (Å²) in [5.41, 5.74) is 2.93. The number of sulfonamides is 1. The highest BCUT2D eigenvalue weighted by molar-refractivity contribution is 7.89. The highest BCUT2D eigenvalue weighted by atomic mass is 32.2. The van der Waals surface area contributed by atoms with Crippen LogP contribution in [0.2, 0.25) is 0 Å². The molecule has 8 heteroatoms. The molecule has 0 spiro atoms. The second kappa shape index (κ2) is 9.03. The highest BCUT2D eigenvalue weighted by Crippen LogP contribution is 2.38. The van der Waals surface area contributed by atoms with Gasteiger partial charge in [0.05, 0.1) is 10.5 Å². The molecule has 0 aliphatic heterocycles. The van der Waals surface area contributed by atoms with Crippen molar-refractivity contribution in [2.45, 2.75) is 51.1 Å². The summed E-state index contributed by atoms with van der Waals surface area (Å²) >= 11 is 0. The van der Waals surface area contributed by atoms with E-state index >= 15 is 0 Å². The first kappa shape index (κ1) is 22.5. The molecule has 3 aromatic rings. The Hall–Kier alpha value is -2.71. The van der Waals surface area contributed by atoms with Gasteiger partial charge in [-0.15, -0.1) is 0 Å². The van der Waals surface area contributed by atoms with E-state index in [1.54, 1.807) is 28.6 Å². The van der Waals surface area contributed by atoms with Gasteiger partial charge in [0, 0.05) is 31.2 Å². The molecule has 1 heterocycles. The molecule has 4 rings (SSSR count). The van der Waals surface area contributed by atoms with E-state index in [-0.39, 0.29) is 23.3 Å². The Labute approximate surface area is 188 Å². The van der Waals surface area contributed by atoms with Crippen LogP contribution in [0.25, 0.3) is 11.3 Å². The molecule has 2 aromatic carbocycles. The lowest BCUT2D eigenvalue weighted by Gasteiger charge is -2.24. The van der Waals surface area contributed by atoms with E-state index < -0.39 is 10.0 Å². The van der Waals surface area contributed by atoms with Gasteiger partial charge in [0.15, 0.2) is 0 Å². The van der Waals surface area contributed by atoms with Crippen LogP contribution >= 0.6 is 0 Å². The number of hydrogen-bond acceptors (Lipinski definition) is 5. The topological polar surface area (TPSA) is 66.7 Å². The number of rotatable bonds is 9. The largest absolute Gasteiger partial charge is 0.341 e. The van der Waals surface area contributed by atoms with E-state index in [9.17, 15) is 12.8 Å². The van der Waals surface area contributed by atoms with E-state index in [1.807, 2.05) is 37.8 Å². The Balaban J connectivity index is 1.79. The zero-order valence-corrected chi connectivity index (χ0v) is 19.4. The molecule has 1 aliphatic carbocycles. The van der Waals surface area contributed by atoms with Gasteiger partial charge >= 0.3 is 0 Å². The van der Waals surface area contributed by atoms with Gasteiger partial charge in [0.2, 0.25) is 15.9 Å². The van der Waals surface area contributed by atoms with E-state index in [2.05, 4.69) is 5.16 Å². The van der Waals surface area contributed by atoms with Crippen molar-refractivity contribution in [3.05, 3.63) is 65.5 Å². The van der Waals surface area contributed by atoms with Gasteiger partial charge in [-0.25, -0.2) is 12.8 Å². The van der Waals surface area contributed by atoms with Crippen LogP contribution < -0.4 is 4.90 Å². The Morgan fingerprint density at radius 3 is 2.22 bits per heavy atom. The number of aromatic nitrogens is 1. The third-order valence-corrected chi connectivity index (χ3v) is 7.74. The lowest BCUT2D eigenvalue weighted by atomic mass is 10.1. The average molecular weight is 458 g/mol. The van der Waals surface area contributed by atoms with Gasteiger partial charge in [0.1, 0.15) is 11.5 Å². The summed E-state index contributed by atoms with van der Waals surface area (Å²) < 4.78 is 47.9. The summed E-state index contributed by atoms with van der Waals surface area (Å²) in [4.78, 5) is 2.29. The zero-order valence-electron chi connectivity index (χ0n) is 18.6. The predicted molar refractivity (Wildman–Crippen MR) is 122 cm³/mol. The van der Waals surface area contributed by atoms with Crippen LogP contribution in [0, 0.1) is 12.7 Å². The van der Waals surface area contributed by atoms with Crippen molar-refractivity contribution in [1.29, 1.82) is 0 Å². The van der Waals surface area contributed by atoms with Gasteiger partial charge in [-0.1, -0.05) is 22.9 Å². The Morgan fingerprint density at radius 2 is 1.66 bits per heavy atom. The molecule has 170 valence electrons. The second-order valence-corrected chi connectivity index (χ2v) is 9.98. The first-order valence-electron chi connectivity index (χ1n) is 10.9. The van der Waals surface area contributed by atoms with Crippen molar-refractivity contribution in [1.82, 2.24) is 9.46 Å². The van der Waals surface area contributed by atoms with Crippen LogP contribution in [-0.2, 0) is 16.6 Å². The minimum absolute atomic E-state index is 0.0539. The molecule has 0 N–H and O–H groups in total. The molecule has 0 bridgehead atoms. The molecule has 1 aliphatic rings. The number of benzene rings is 2. The minimum Gasteiger partial charge on any atom is -0.341 e. The number of anilines is 1. The summed E-state index contributed by atoms with van der Waals surface area (Å²) in [5, 5.41) is 4.27. The molecule has 1 aromatic heterocycles. The maximum absolute atomic E-state index is 13.6. The van der Waals surface area contributed by atoms with Crippen LogP contribution in [0.15, 0.2) is 57.9 Å². The Bertz CT molecular complexity index is 1170. The second-order valence-electron chi connectivity index (χ2n) is 8.09. The van der Waals surface area contributed by atoms with Crippen LogP contribution in [0.3, 0.4) is 0 Å². The molecular weight excluding hydrogens is 429 g/mol. The van der Waals surface area contributed by atoms with Gasteiger partial charge in [-0.05, 0) is 70.0 Å². The molecule has 0 saturated heterocycles. The fraction of sp³-hybridized carbons (Fsp3) is 0.375. The third-order valence-electron chi connectivity index (χ3n) is 5.83.